The minimum atomic E-state index is 0.127. The van der Waals surface area contributed by atoms with Crippen LogP contribution in [0, 0.1) is 5.92 Å². The number of hydrogen-bond donors (Lipinski definition) is 2. The minimum absolute atomic E-state index is 0.127. The van der Waals surface area contributed by atoms with E-state index >= 15 is 0 Å². The van der Waals surface area contributed by atoms with Crippen molar-refractivity contribution in [3.8, 4) is 11.5 Å². The van der Waals surface area contributed by atoms with Crippen LogP contribution in [0.4, 0.5) is 0 Å². The molecule has 0 saturated heterocycles. The second kappa shape index (κ2) is 8.77. The highest BCUT2D eigenvalue weighted by Crippen LogP contribution is 2.25. The number of rotatable bonds is 9. The van der Waals surface area contributed by atoms with Gasteiger partial charge in [0.2, 0.25) is 0 Å². The number of aliphatic hydroxyl groups excluding tert-OH is 1. The first-order valence-corrected chi connectivity index (χ1v) is 6.82. The molecule has 4 heteroatoms. The van der Waals surface area contributed by atoms with E-state index in [9.17, 15) is 0 Å². The number of ether oxygens (including phenoxy) is 2. The van der Waals surface area contributed by atoms with Gasteiger partial charge < -0.3 is 19.9 Å². The van der Waals surface area contributed by atoms with Crippen LogP contribution in [0.3, 0.4) is 0 Å². The lowest BCUT2D eigenvalue weighted by Crippen LogP contribution is -2.16. The maximum atomic E-state index is 9.04. The summed E-state index contributed by atoms with van der Waals surface area (Å²) in [6.07, 6.45) is 1.11. The van der Waals surface area contributed by atoms with Crippen LogP contribution in [-0.2, 0) is 6.54 Å². The molecule has 0 spiro atoms. The van der Waals surface area contributed by atoms with Gasteiger partial charge in [-0.2, -0.15) is 0 Å². The summed E-state index contributed by atoms with van der Waals surface area (Å²) in [5.41, 5.74) is 1.11. The summed E-state index contributed by atoms with van der Waals surface area (Å²) < 4.78 is 11.0. The highest BCUT2D eigenvalue weighted by Gasteiger charge is 2.08. The van der Waals surface area contributed by atoms with Gasteiger partial charge in [-0.3, -0.25) is 0 Å². The quantitative estimate of drug-likeness (QED) is 0.674. The Morgan fingerprint density at radius 3 is 2.79 bits per heavy atom. The fourth-order valence-corrected chi connectivity index (χ4v) is 1.63. The number of methoxy groups -OCH3 is 1. The molecule has 0 bridgehead atoms. The van der Waals surface area contributed by atoms with Gasteiger partial charge >= 0.3 is 0 Å². The molecule has 1 rings (SSSR count). The van der Waals surface area contributed by atoms with Gasteiger partial charge in [0, 0.05) is 30.7 Å². The van der Waals surface area contributed by atoms with Crippen LogP contribution in [0.1, 0.15) is 25.8 Å². The van der Waals surface area contributed by atoms with E-state index < -0.39 is 0 Å². The van der Waals surface area contributed by atoms with E-state index in [1.807, 2.05) is 25.1 Å². The third kappa shape index (κ3) is 5.49. The molecular formula is C15H25NO3. The molecule has 0 amide bonds. The summed E-state index contributed by atoms with van der Waals surface area (Å²) in [4.78, 5) is 0. The van der Waals surface area contributed by atoms with Gasteiger partial charge in [0.25, 0.3) is 0 Å². The van der Waals surface area contributed by atoms with E-state index in [0.717, 1.165) is 36.6 Å². The van der Waals surface area contributed by atoms with E-state index in [-0.39, 0.29) is 12.5 Å². The maximum absolute atomic E-state index is 9.04. The zero-order chi connectivity index (χ0) is 14.1. The van der Waals surface area contributed by atoms with Crippen molar-refractivity contribution >= 4 is 0 Å². The molecule has 0 fully saturated rings. The van der Waals surface area contributed by atoms with Gasteiger partial charge in [-0.1, -0.05) is 19.9 Å². The van der Waals surface area contributed by atoms with Gasteiger partial charge in [0.05, 0.1) is 13.7 Å². The molecule has 1 aromatic carbocycles. The first kappa shape index (κ1) is 15.8. The van der Waals surface area contributed by atoms with E-state index in [1.165, 1.54) is 0 Å². The molecule has 0 aliphatic carbocycles. The Morgan fingerprint density at radius 2 is 2.16 bits per heavy atom. The van der Waals surface area contributed by atoms with Gasteiger partial charge in [-0.15, -0.1) is 0 Å². The Bertz CT molecular complexity index is 368. The van der Waals surface area contributed by atoms with Crippen molar-refractivity contribution in [2.24, 2.45) is 5.92 Å². The van der Waals surface area contributed by atoms with Crippen LogP contribution < -0.4 is 14.8 Å². The number of aliphatic hydroxyl groups is 1. The summed E-state index contributed by atoms with van der Waals surface area (Å²) >= 11 is 0. The largest absolute Gasteiger partial charge is 0.497 e. The van der Waals surface area contributed by atoms with Crippen LogP contribution in [-0.4, -0.2) is 32.0 Å². The van der Waals surface area contributed by atoms with Crippen LogP contribution in [0.2, 0.25) is 0 Å². The van der Waals surface area contributed by atoms with Crippen molar-refractivity contribution in [2.45, 2.75) is 26.8 Å². The Hall–Kier alpha value is -1.26. The molecule has 1 atom stereocenters. The van der Waals surface area contributed by atoms with Crippen molar-refractivity contribution in [3.05, 3.63) is 23.8 Å². The fraction of sp³-hybridized carbons (Fsp3) is 0.600. The predicted molar refractivity (Wildman–Crippen MR) is 76.7 cm³/mol. The molecule has 2 N–H and O–H groups in total. The highest BCUT2D eigenvalue weighted by atomic mass is 16.5. The average Bonchev–Trinajstić information content (AvgIpc) is 2.45. The summed E-state index contributed by atoms with van der Waals surface area (Å²) in [5.74, 6) is 1.73. The zero-order valence-corrected chi connectivity index (χ0v) is 12.1. The third-order valence-electron chi connectivity index (χ3n) is 2.85. The van der Waals surface area contributed by atoms with E-state index in [1.54, 1.807) is 7.11 Å². The molecule has 0 radical (unpaired) electrons. The molecule has 108 valence electrons. The van der Waals surface area contributed by atoms with Gasteiger partial charge in [0.15, 0.2) is 0 Å². The van der Waals surface area contributed by atoms with Crippen LogP contribution in [0.5, 0.6) is 11.5 Å². The van der Waals surface area contributed by atoms with Gasteiger partial charge in [0.1, 0.15) is 11.5 Å². The van der Waals surface area contributed by atoms with Crippen molar-refractivity contribution in [1.29, 1.82) is 0 Å². The molecule has 1 unspecified atom stereocenters. The molecule has 0 aliphatic rings. The highest BCUT2D eigenvalue weighted by molar-refractivity contribution is 5.40. The summed E-state index contributed by atoms with van der Waals surface area (Å²) in [6, 6.07) is 5.85. The lowest BCUT2D eigenvalue weighted by Gasteiger charge is -2.15. The lowest BCUT2D eigenvalue weighted by molar-refractivity contribution is 0.173. The Kier molecular flexibility index (Phi) is 7.30. The topological polar surface area (TPSA) is 50.7 Å². The molecule has 0 aromatic heterocycles. The molecular weight excluding hydrogens is 242 g/mol. The zero-order valence-electron chi connectivity index (χ0n) is 12.1. The van der Waals surface area contributed by atoms with Crippen molar-refractivity contribution in [2.75, 3.05) is 26.9 Å². The Labute approximate surface area is 115 Å². The Balaban J connectivity index is 2.71. The van der Waals surface area contributed by atoms with E-state index in [4.69, 9.17) is 14.6 Å². The van der Waals surface area contributed by atoms with Crippen molar-refractivity contribution < 1.29 is 14.6 Å². The second-order valence-electron chi connectivity index (χ2n) is 4.75. The molecule has 0 aliphatic heterocycles. The normalized spacial score (nSPS) is 12.2. The molecule has 0 heterocycles. The predicted octanol–water partition coefficient (Wildman–Crippen LogP) is 2.20. The smallest absolute Gasteiger partial charge is 0.127 e. The standard InChI is InChI=1S/C15H25NO3/c1-4-7-16-9-13-5-6-14(18-3)8-15(13)19-11-12(2)10-17/h5-6,8,12,16-17H,4,7,9-11H2,1-3H3. The summed E-state index contributed by atoms with van der Waals surface area (Å²) in [7, 11) is 1.64. The van der Waals surface area contributed by atoms with Crippen LogP contribution in [0.25, 0.3) is 0 Å². The second-order valence-corrected chi connectivity index (χ2v) is 4.75. The SMILES string of the molecule is CCCNCc1ccc(OC)cc1OCC(C)CO. The van der Waals surface area contributed by atoms with Crippen LogP contribution in [0.15, 0.2) is 18.2 Å². The van der Waals surface area contributed by atoms with Gasteiger partial charge in [-0.05, 0) is 19.0 Å². The first-order valence-electron chi connectivity index (χ1n) is 6.82. The molecule has 1 aromatic rings. The van der Waals surface area contributed by atoms with E-state index in [0.29, 0.717) is 6.61 Å². The first-order chi connectivity index (χ1) is 9.21. The number of benzene rings is 1. The fourth-order valence-electron chi connectivity index (χ4n) is 1.63. The molecule has 4 nitrogen and oxygen atoms in total. The van der Waals surface area contributed by atoms with Crippen molar-refractivity contribution in [3.63, 3.8) is 0 Å². The van der Waals surface area contributed by atoms with Gasteiger partial charge in [-0.25, -0.2) is 0 Å². The number of nitrogens with one attached hydrogen (secondary N) is 1. The monoisotopic (exact) mass is 267 g/mol. The lowest BCUT2D eigenvalue weighted by atomic mass is 10.1. The molecule has 0 saturated carbocycles. The van der Waals surface area contributed by atoms with E-state index in [2.05, 4.69) is 12.2 Å². The molecule has 19 heavy (non-hydrogen) atoms. The van der Waals surface area contributed by atoms with Crippen LogP contribution >= 0.6 is 0 Å². The average molecular weight is 267 g/mol. The minimum Gasteiger partial charge on any atom is -0.497 e. The summed E-state index contributed by atoms with van der Waals surface area (Å²) in [6.45, 7) is 6.49. The summed E-state index contributed by atoms with van der Waals surface area (Å²) in [5, 5.41) is 12.4. The Morgan fingerprint density at radius 1 is 1.37 bits per heavy atom. The third-order valence-corrected chi connectivity index (χ3v) is 2.85. The maximum Gasteiger partial charge on any atom is 0.127 e. The van der Waals surface area contributed by atoms with Crippen molar-refractivity contribution in [1.82, 2.24) is 5.32 Å². The number of hydrogen-bond acceptors (Lipinski definition) is 4.